The van der Waals surface area contributed by atoms with Gasteiger partial charge in [-0.2, -0.15) is 0 Å². The quantitative estimate of drug-likeness (QED) is 0.693. The third-order valence-electron chi connectivity index (χ3n) is 4.33. The van der Waals surface area contributed by atoms with Crippen molar-refractivity contribution < 1.29 is 4.92 Å². The SMILES string of the molecule is NCCC1CCCN(c2c([N+](=O)[O-])cnc3ccccc23)C1. The first-order valence-corrected chi connectivity index (χ1v) is 7.68. The van der Waals surface area contributed by atoms with Crippen molar-refractivity contribution in [2.75, 3.05) is 24.5 Å². The van der Waals surface area contributed by atoms with Crippen LogP contribution in [0.5, 0.6) is 0 Å². The summed E-state index contributed by atoms with van der Waals surface area (Å²) in [6.07, 6.45) is 4.53. The molecule has 2 aromatic rings. The van der Waals surface area contributed by atoms with Crippen molar-refractivity contribution in [1.82, 2.24) is 4.98 Å². The molecule has 0 spiro atoms. The minimum atomic E-state index is -0.332. The van der Waals surface area contributed by atoms with Crippen molar-refractivity contribution in [3.63, 3.8) is 0 Å². The first-order chi connectivity index (χ1) is 10.7. The topological polar surface area (TPSA) is 85.3 Å². The fourth-order valence-corrected chi connectivity index (χ4v) is 3.32. The highest BCUT2D eigenvalue weighted by Crippen LogP contribution is 2.37. The van der Waals surface area contributed by atoms with Crippen molar-refractivity contribution in [3.8, 4) is 0 Å². The molecule has 116 valence electrons. The standard InChI is InChI=1S/C16H20N4O2/c17-8-7-12-4-3-9-19(11-12)16-13-5-1-2-6-14(13)18-10-15(16)20(21)22/h1-2,5-6,10,12H,3-4,7-9,11,17H2. The van der Waals surface area contributed by atoms with E-state index in [4.69, 9.17) is 5.73 Å². The Balaban J connectivity index is 2.07. The first-order valence-electron chi connectivity index (χ1n) is 7.68. The molecule has 3 rings (SSSR count). The second-order valence-electron chi connectivity index (χ2n) is 5.80. The number of piperidine rings is 1. The highest BCUT2D eigenvalue weighted by molar-refractivity contribution is 5.96. The summed E-state index contributed by atoms with van der Waals surface area (Å²) in [6, 6.07) is 7.61. The van der Waals surface area contributed by atoms with Crippen molar-refractivity contribution in [3.05, 3.63) is 40.6 Å². The van der Waals surface area contributed by atoms with E-state index < -0.39 is 0 Å². The van der Waals surface area contributed by atoms with E-state index in [0.717, 1.165) is 43.3 Å². The van der Waals surface area contributed by atoms with E-state index in [1.165, 1.54) is 6.20 Å². The van der Waals surface area contributed by atoms with Gasteiger partial charge < -0.3 is 10.6 Å². The molecule has 0 bridgehead atoms. The lowest BCUT2D eigenvalue weighted by Crippen LogP contribution is -2.36. The van der Waals surface area contributed by atoms with Crippen molar-refractivity contribution >= 4 is 22.3 Å². The van der Waals surface area contributed by atoms with Gasteiger partial charge in [-0.05, 0) is 37.8 Å². The van der Waals surface area contributed by atoms with Crippen LogP contribution in [-0.4, -0.2) is 29.5 Å². The van der Waals surface area contributed by atoms with E-state index in [9.17, 15) is 10.1 Å². The minimum Gasteiger partial charge on any atom is -0.365 e. The molecule has 1 aliphatic heterocycles. The molecule has 2 heterocycles. The van der Waals surface area contributed by atoms with Crippen LogP contribution in [0.1, 0.15) is 19.3 Å². The number of hydrogen-bond acceptors (Lipinski definition) is 5. The summed E-state index contributed by atoms with van der Waals surface area (Å²) >= 11 is 0. The van der Waals surface area contributed by atoms with E-state index in [-0.39, 0.29) is 10.6 Å². The van der Waals surface area contributed by atoms with Crippen molar-refractivity contribution in [1.29, 1.82) is 0 Å². The molecule has 22 heavy (non-hydrogen) atoms. The number of fused-ring (bicyclic) bond motifs is 1. The first kappa shape index (κ1) is 14.7. The monoisotopic (exact) mass is 300 g/mol. The Morgan fingerprint density at radius 3 is 3.00 bits per heavy atom. The van der Waals surface area contributed by atoms with Crippen molar-refractivity contribution in [2.45, 2.75) is 19.3 Å². The van der Waals surface area contributed by atoms with Crippen LogP contribution in [0.25, 0.3) is 10.9 Å². The average molecular weight is 300 g/mol. The molecule has 1 saturated heterocycles. The van der Waals surface area contributed by atoms with Crippen LogP contribution < -0.4 is 10.6 Å². The van der Waals surface area contributed by atoms with E-state index in [2.05, 4.69) is 9.88 Å². The van der Waals surface area contributed by atoms with Crippen LogP contribution in [0, 0.1) is 16.0 Å². The van der Waals surface area contributed by atoms with Gasteiger partial charge in [0.15, 0.2) is 0 Å². The summed E-state index contributed by atoms with van der Waals surface area (Å²) in [5, 5.41) is 12.3. The maximum absolute atomic E-state index is 11.4. The van der Waals surface area contributed by atoms with Crippen LogP contribution in [0.15, 0.2) is 30.5 Å². The predicted molar refractivity (Wildman–Crippen MR) is 87.0 cm³/mol. The molecular formula is C16H20N4O2. The van der Waals surface area contributed by atoms with E-state index in [1.807, 2.05) is 24.3 Å². The highest BCUT2D eigenvalue weighted by Gasteiger charge is 2.27. The molecule has 6 heteroatoms. The maximum atomic E-state index is 11.4. The summed E-state index contributed by atoms with van der Waals surface area (Å²) in [7, 11) is 0. The summed E-state index contributed by atoms with van der Waals surface area (Å²) < 4.78 is 0. The van der Waals surface area contributed by atoms with E-state index in [0.29, 0.717) is 18.2 Å². The molecule has 1 aromatic carbocycles. The summed E-state index contributed by atoms with van der Waals surface area (Å²) in [6.45, 7) is 2.33. The van der Waals surface area contributed by atoms with Gasteiger partial charge in [-0.25, -0.2) is 4.98 Å². The summed E-state index contributed by atoms with van der Waals surface area (Å²) in [5.74, 6) is 0.505. The van der Waals surface area contributed by atoms with Crippen LogP contribution in [0.3, 0.4) is 0 Å². The summed E-state index contributed by atoms with van der Waals surface area (Å²) in [4.78, 5) is 17.5. The Hall–Kier alpha value is -2.21. The number of benzene rings is 1. The van der Waals surface area contributed by atoms with Gasteiger partial charge in [-0.3, -0.25) is 10.1 Å². The van der Waals surface area contributed by atoms with Gasteiger partial charge in [0.05, 0.1) is 10.4 Å². The number of nitro groups is 1. The molecular weight excluding hydrogens is 280 g/mol. The molecule has 0 saturated carbocycles. The third kappa shape index (κ3) is 2.74. The Labute approximate surface area is 129 Å². The molecule has 6 nitrogen and oxygen atoms in total. The molecule has 1 fully saturated rings. The number of para-hydroxylation sites is 1. The number of rotatable bonds is 4. The summed E-state index contributed by atoms with van der Waals surface area (Å²) in [5.41, 5.74) is 7.27. The second-order valence-corrected chi connectivity index (χ2v) is 5.80. The largest absolute Gasteiger partial charge is 0.365 e. The molecule has 0 amide bonds. The molecule has 1 atom stereocenters. The Bertz CT molecular complexity index is 687. The van der Waals surface area contributed by atoms with Gasteiger partial charge in [0.2, 0.25) is 0 Å². The van der Waals surface area contributed by atoms with Crippen LogP contribution >= 0.6 is 0 Å². The molecule has 1 aromatic heterocycles. The molecule has 1 unspecified atom stereocenters. The number of hydrogen-bond donors (Lipinski definition) is 1. The fraction of sp³-hybridized carbons (Fsp3) is 0.438. The maximum Gasteiger partial charge on any atom is 0.311 e. The van der Waals surface area contributed by atoms with Crippen LogP contribution in [0.4, 0.5) is 11.4 Å². The minimum absolute atomic E-state index is 0.0899. The zero-order chi connectivity index (χ0) is 15.5. The molecule has 0 aliphatic carbocycles. The average Bonchev–Trinajstić information content (AvgIpc) is 2.54. The van der Waals surface area contributed by atoms with Gasteiger partial charge in [0.1, 0.15) is 11.9 Å². The number of anilines is 1. The van der Waals surface area contributed by atoms with Crippen LogP contribution in [0.2, 0.25) is 0 Å². The van der Waals surface area contributed by atoms with Gasteiger partial charge in [-0.1, -0.05) is 18.2 Å². The lowest BCUT2D eigenvalue weighted by atomic mass is 9.94. The molecule has 1 aliphatic rings. The lowest BCUT2D eigenvalue weighted by molar-refractivity contribution is -0.384. The lowest BCUT2D eigenvalue weighted by Gasteiger charge is -2.34. The Kier molecular flexibility index (Phi) is 4.20. The van der Waals surface area contributed by atoms with Gasteiger partial charge >= 0.3 is 5.69 Å². The Morgan fingerprint density at radius 1 is 1.41 bits per heavy atom. The number of pyridine rings is 1. The Morgan fingerprint density at radius 2 is 2.23 bits per heavy atom. The molecule has 0 radical (unpaired) electrons. The van der Waals surface area contributed by atoms with Gasteiger partial charge in [0.25, 0.3) is 0 Å². The van der Waals surface area contributed by atoms with Gasteiger partial charge in [-0.15, -0.1) is 0 Å². The van der Waals surface area contributed by atoms with E-state index >= 15 is 0 Å². The number of nitrogens with zero attached hydrogens (tertiary/aromatic N) is 3. The zero-order valence-corrected chi connectivity index (χ0v) is 12.4. The predicted octanol–water partition coefficient (Wildman–Crippen LogP) is 2.71. The zero-order valence-electron chi connectivity index (χ0n) is 12.4. The second kappa shape index (κ2) is 6.27. The fourth-order valence-electron chi connectivity index (χ4n) is 3.32. The number of aromatic nitrogens is 1. The van der Waals surface area contributed by atoms with Crippen LogP contribution in [-0.2, 0) is 0 Å². The smallest absolute Gasteiger partial charge is 0.311 e. The number of nitrogens with two attached hydrogens (primary N) is 1. The third-order valence-corrected chi connectivity index (χ3v) is 4.33. The molecule has 2 N–H and O–H groups in total. The van der Waals surface area contributed by atoms with Crippen molar-refractivity contribution in [2.24, 2.45) is 11.7 Å². The van der Waals surface area contributed by atoms with Gasteiger partial charge in [0, 0.05) is 18.5 Å². The highest BCUT2D eigenvalue weighted by atomic mass is 16.6. The normalized spacial score (nSPS) is 18.6. The van der Waals surface area contributed by atoms with E-state index in [1.54, 1.807) is 0 Å².